The fourth-order valence-corrected chi connectivity index (χ4v) is 1.18. The molecule has 2 N–H and O–H groups in total. The summed E-state index contributed by atoms with van der Waals surface area (Å²) in [6.45, 7) is 2.82. The molecule has 0 spiro atoms. The Hall–Kier alpha value is -0.480. The first-order chi connectivity index (χ1) is 9.16. The Morgan fingerprint density at radius 1 is 0.909 bits per heavy atom. The number of hydrogen-bond donors (Lipinski definition) is 2. The molecule has 10 heteroatoms. The van der Waals surface area contributed by atoms with E-state index in [1.54, 1.807) is 0 Å². The Labute approximate surface area is 173 Å². The molecule has 0 fully saturated rings. The SMILES string of the molecule is CC(C#N)(CCC(=O)O)/N=N/C(C)(C#N)CCC(=O)O.[NaH].[NaH]. The van der Waals surface area contributed by atoms with Crippen LogP contribution < -0.4 is 0 Å². The molecule has 0 aromatic heterocycles. The molecule has 0 aliphatic carbocycles. The predicted octanol–water partition coefficient (Wildman–Crippen LogP) is 0.436. The summed E-state index contributed by atoms with van der Waals surface area (Å²) in [6.07, 6.45) is -0.575. The minimum atomic E-state index is -1.35. The second-order valence-corrected chi connectivity index (χ2v) is 4.76. The standard InChI is InChI=1S/C12H16N4O4.2Na.2H/c1-11(7-13,5-3-9(17)18)15-16-12(2,8-14)6-4-10(19)20;;;;/h3-6H2,1-2H3,(H,17,18)(H,19,20);;;;/b16-15+;;;;. The van der Waals surface area contributed by atoms with Gasteiger partial charge in [0, 0.05) is 12.8 Å². The van der Waals surface area contributed by atoms with Crippen LogP contribution >= 0.6 is 0 Å². The van der Waals surface area contributed by atoms with E-state index in [0.29, 0.717) is 0 Å². The molecule has 2 atom stereocenters. The van der Waals surface area contributed by atoms with Gasteiger partial charge in [0.05, 0.1) is 12.1 Å². The number of azo groups is 1. The molecule has 112 valence electrons. The van der Waals surface area contributed by atoms with Gasteiger partial charge in [-0.25, -0.2) is 0 Å². The van der Waals surface area contributed by atoms with Crippen molar-refractivity contribution in [3.8, 4) is 12.1 Å². The molecule has 0 radical (unpaired) electrons. The van der Waals surface area contributed by atoms with Crippen molar-refractivity contribution in [3.63, 3.8) is 0 Å². The van der Waals surface area contributed by atoms with Crippen LogP contribution in [0.3, 0.4) is 0 Å². The molecular weight excluding hydrogens is 310 g/mol. The van der Waals surface area contributed by atoms with Gasteiger partial charge in [0.2, 0.25) is 0 Å². The quantitative estimate of drug-likeness (QED) is 0.488. The van der Waals surface area contributed by atoms with Crippen LogP contribution in [0.4, 0.5) is 0 Å². The van der Waals surface area contributed by atoms with Gasteiger partial charge >= 0.3 is 71.1 Å². The molecular formula is C12H18N4Na2O4. The van der Waals surface area contributed by atoms with E-state index < -0.39 is 23.0 Å². The first-order valence-electron chi connectivity index (χ1n) is 5.86. The molecule has 0 saturated carbocycles. The maximum absolute atomic E-state index is 10.5. The van der Waals surface area contributed by atoms with Gasteiger partial charge in [-0.3, -0.25) is 9.59 Å². The van der Waals surface area contributed by atoms with Gasteiger partial charge in [0.25, 0.3) is 0 Å². The number of rotatable bonds is 8. The molecule has 0 amide bonds. The fourth-order valence-electron chi connectivity index (χ4n) is 1.18. The third-order valence-corrected chi connectivity index (χ3v) is 2.62. The number of carbonyl (C=O) groups is 2. The molecule has 0 bridgehead atoms. The third kappa shape index (κ3) is 11.1. The second-order valence-electron chi connectivity index (χ2n) is 4.76. The van der Waals surface area contributed by atoms with Crippen LogP contribution in [0, 0.1) is 22.7 Å². The van der Waals surface area contributed by atoms with Gasteiger partial charge in [0.15, 0.2) is 11.1 Å². The van der Waals surface area contributed by atoms with Crippen LogP contribution in [0.2, 0.25) is 0 Å². The van der Waals surface area contributed by atoms with E-state index in [0.717, 1.165) is 0 Å². The Morgan fingerprint density at radius 3 is 1.36 bits per heavy atom. The van der Waals surface area contributed by atoms with Gasteiger partial charge in [-0.05, 0) is 26.7 Å². The average Bonchev–Trinajstić information content (AvgIpc) is 2.41. The van der Waals surface area contributed by atoms with Gasteiger partial charge in [-0.1, -0.05) is 0 Å². The van der Waals surface area contributed by atoms with Crippen molar-refractivity contribution in [2.24, 2.45) is 10.2 Å². The van der Waals surface area contributed by atoms with Crippen molar-refractivity contribution in [1.29, 1.82) is 10.5 Å². The number of nitrogens with zero attached hydrogens (tertiary/aromatic N) is 4. The van der Waals surface area contributed by atoms with E-state index in [2.05, 4.69) is 10.2 Å². The van der Waals surface area contributed by atoms with Crippen LogP contribution in [-0.4, -0.2) is 92.3 Å². The number of nitriles is 2. The van der Waals surface area contributed by atoms with Crippen molar-refractivity contribution in [2.45, 2.75) is 50.6 Å². The molecule has 0 aromatic carbocycles. The number of hydrogen-bond acceptors (Lipinski definition) is 6. The normalized spacial score (nSPS) is 15.1. The predicted molar refractivity (Wildman–Crippen MR) is 80.9 cm³/mol. The van der Waals surface area contributed by atoms with E-state index in [1.807, 2.05) is 12.1 Å². The molecule has 0 aliphatic heterocycles. The maximum atomic E-state index is 10.5. The van der Waals surface area contributed by atoms with Crippen LogP contribution in [0.25, 0.3) is 0 Å². The summed E-state index contributed by atoms with van der Waals surface area (Å²) in [7, 11) is 0. The van der Waals surface area contributed by atoms with Gasteiger partial charge in [0.1, 0.15) is 0 Å². The fraction of sp³-hybridized carbons (Fsp3) is 0.667. The Kier molecular flexibility index (Phi) is 14.4. The molecule has 2 unspecified atom stereocenters. The summed E-state index contributed by atoms with van der Waals surface area (Å²) in [6, 6.07) is 3.69. The van der Waals surface area contributed by atoms with E-state index in [4.69, 9.17) is 20.7 Å². The average molecular weight is 328 g/mol. The van der Waals surface area contributed by atoms with Gasteiger partial charge in [-0.15, -0.1) is 0 Å². The number of carboxylic acid groups (broad SMARTS) is 2. The molecule has 8 nitrogen and oxygen atoms in total. The Bertz CT molecular complexity index is 456. The third-order valence-electron chi connectivity index (χ3n) is 2.62. The summed E-state index contributed by atoms with van der Waals surface area (Å²) in [5.41, 5.74) is -2.69. The van der Waals surface area contributed by atoms with E-state index in [9.17, 15) is 9.59 Å². The summed E-state index contributed by atoms with van der Waals surface area (Å²) < 4.78 is 0. The summed E-state index contributed by atoms with van der Waals surface area (Å²) >= 11 is 0. The Balaban J connectivity index is -0.00000180. The van der Waals surface area contributed by atoms with E-state index in [1.165, 1.54) is 13.8 Å². The minimum absolute atomic E-state index is 0. The molecule has 0 saturated heterocycles. The summed E-state index contributed by atoms with van der Waals surface area (Å²) in [4.78, 5) is 21.0. The number of aliphatic carboxylic acids is 2. The van der Waals surface area contributed by atoms with Crippen molar-refractivity contribution in [2.75, 3.05) is 0 Å². The second kappa shape index (κ2) is 12.0. The molecule has 0 heterocycles. The van der Waals surface area contributed by atoms with Gasteiger partial charge in [-0.2, -0.15) is 20.8 Å². The first-order valence-corrected chi connectivity index (χ1v) is 5.86. The van der Waals surface area contributed by atoms with Crippen molar-refractivity contribution < 1.29 is 19.8 Å². The molecule has 0 rings (SSSR count). The first kappa shape index (κ1) is 26.4. The summed E-state index contributed by atoms with van der Waals surface area (Å²) in [5, 5.41) is 42.7. The molecule has 22 heavy (non-hydrogen) atoms. The van der Waals surface area contributed by atoms with E-state index in [-0.39, 0.29) is 84.8 Å². The summed E-state index contributed by atoms with van der Waals surface area (Å²) in [5.74, 6) is -2.12. The topological polar surface area (TPSA) is 147 Å². The van der Waals surface area contributed by atoms with Crippen LogP contribution in [0.1, 0.15) is 39.5 Å². The zero-order valence-electron chi connectivity index (χ0n) is 11.3. The van der Waals surface area contributed by atoms with Crippen molar-refractivity contribution in [1.82, 2.24) is 0 Å². The molecule has 0 aromatic rings. The van der Waals surface area contributed by atoms with Crippen LogP contribution in [0.5, 0.6) is 0 Å². The van der Waals surface area contributed by atoms with Crippen LogP contribution in [0.15, 0.2) is 10.2 Å². The zero-order valence-corrected chi connectivity index (χ0v) is 11.3. The van der Waals surface area contributed by atoms with E-state index >= 15 is 0 Å². The monoisotopic (exact) mass is 328 g/mol. The van der Waals surface area contributed by atoms with Crippen LogP contribution in [-0.2, 0) is 9.59 Å². The number of carboxylic acids is 2. The Morgan fingerprint density at radius 2 is 1.18 bits per heavy atom. The molecule has 0 aliphatic rings. The van der Waals surface area contributed by atoms with Gasteiger partial charge < -0.3 is 10.2 Å². The zero-order chi connectivity index (χ0) is 15.8. The van der Waals surface area contributed by atoms with Crippen molar-refractivity contribution in [3.05, 3.63) is 0 Å². The van der Waals surface area contributed by atoms with Crippen molar-refractivity contribution >= 4 is 71.1 Å².